The Morgan fingerprint density at radius 1 is 1.42 bits per heavy atom. The van der Waals surface area contributed by atoms with Gasteiger partial charge in [-0.3, -0.25) is 4.90 Å². The predicted molar refractivity (Wildman–Crippen MR) is 53.4 cm³/mol. The van der Waals surface area contributed by atoms with Gasteiger partial charge in [-0.2, -0.15) is 0 Å². The lowest BCUT2D eigenvalue weighted by molar-refractivity contribution is 0.110. The van der Waals surface area contributed by atoms with Crippen LogP contribution >= 0.6 is 0 Å². The fourth-order valence-corrected chi connectivity index (χ4v) is 2.16. The quantitative estimate of drug-likeness (QED) is 0.690. The molecule has 0 aromatic carbocycles. The van der Waals surface area contributed by atoms with Gasteiger partial charge in [-0.25, -0.2) is 0 Å². The number of hydrogen-bond acceptors (Lipinski definition) is 2. The molecule has 0 radical (unpaired) electrons. The molecule has 0 aromatic rings. The highest BCUT2D eigenvalue weighted by molar-refractivity contribution is 4.80. The van der Waals surface area contributed by atoms with Gasteiger partial charge in [-0.15, -0.1) is 0 Å². The highest BCUT2D eigenvalue weighted by Crippen LogP contribution is 2.13. The van der Waals surface area contributed by atoms with Gasteiger partial charge in [-0.1, -0.05) is 13.8 Å². The van der Waals surface area contributed by atoms with E-state index < -0.39 is 0 Å². The zero-order valence-electron chi connectivity index (χ0n) is 8.64. The van der Waals surface area contributed by atoms with Crippen LogP contribution in [0.3, 0.4) is 0 Å². The van der Waals surface area contributed by atoms with Crippen LogP contribution in [-0.4, -0.2) is 36.6 Å². The van der Waals surface area contributed by atoms with E-state index >= 15 is 0 Å². The van der Waals surface area contributed by atoms with Crippen molar-refractivity contribution in [3.8, 4) is 0 Å². The third-order valence-electron chi connectivity index (χ3n) is 2.96. The van der Waals surface area contributed by atoms with E-state index in [0.29, 0.717) is 0 Å². The average Bonchev–Trinajstić information content (AvgIpc) is 2.10. The molecular weight excluding hydrogens is 148 g/mol. The van der Waals surface area contributed by atoms with Crippen LogP contribution < -0.4 is 5.32 Å². The van der Waals surface area contributed by atoms with Crippen molar-refractivity contribution in [2.24, 2.45) is 0 Å². The van der Waals surface area contributed by atoms with Crippen LogP contribution in [0, 0.1) is 0 Å². The molecule has 1 heterocycles. The molecule has 0 aliphatic carbocycles. The number of rotatable bonds is 3. The van der Waals surface area contributed by atoms with E-state index in [1.54, 1.807) is 0 Å². The normalized spacial score (nSPS) is 26.5. The van der Waals surface area contributed by atoms with E-state index in [0.717, 1.165) is 18.6 Å². The van der Waals surface area contributed by atoms with Crippen molar-refractivity contribution in [3.63, 3.8) is 0 Å². The van der Waals surface area contributed by atoms with Crippen LogP contribution in [0.4, 0.5) is 0 Å². The van der Waals surface area contributed by atoms with Crippen LogP contribution in [0.25, 0.3) is 0 Å². The van der Waals surface area contributed by atoms with Gasteiger partial charge >= 0.3 is 0 Å². The van der Waals surface area contributed by atoms with E-state index in [1.807, 2.05) is 0 Å². The molecule has 0 amide bonds. The highest BCUT2D eigenvalue weighted by Gasteiger charge is 2.22. The first-order valence-corrected chi connectivity index (χ1v) is 5.26. The van der Waals surface area contributed by atoms with Crippen molar-refractivity contribution in [1.82, 2.24) is 10.2 Å². The van der Waals surface area contributed by atoms with Crippen molar-refractivity contribution in [3.05, 3.63) is 0 Å². The lowest BCUT2D eigenvalue weighted by atomic mass is 10.1. The van der Waals surface area contributed by atoms with Gasteiger partial charge in [0.25, 0.3) is 0 Å². The minimum atomic E-state index is 0.726. The van der Waals surface area contributed by atoms with Crippen molar-refractivity contribution in [1.29, 1.82) is 0 Å². The second-order valence-electron chi connectivity index (χ2n) is 3.76. The van der Waals surface area contributed by atoms with E-state index in [-0.39, 0.29) is 0 Å². The molecular formula is C10H22N2. The van der Waals surface area contributed by atoms with Gasteiger partial charge in [0.1, 0.15) is 0 Å². The van der Waals surface area contributed by atoms with Gasteiger partial charge < -0.3 is 5.32 Å². The molecule has 1 rings (SSSR count). The summed E-state index contributed by atoms with van der Waals surface area (Å²) in [6.07, 6.45) is 2.58. The van der Waals surface area contributed by atoms with Gasteiger partial charge in [0.2, 0.25) is 0 Å². The fourth-order valence-electron chi connectivity index (χ4n) is 2.16. The maximum absolute atomic E-state index is 3.43. The van der Waals surface area contributed by atoms with Crippen molar-refractivity contribution < 1.29 is 0 Å². The first kappa shape index (κ1) is 10.0. The Morgan fingerprint density at radius 3 is 2.58 bits per heavy atom. The summed E-state index contributed by atoms with van der Waals surface area (Å²) in [5, 5.41) is 3.43. The Kier molecular flexibility index (Phi) is 4.02. The van der Waals surface area contributed by atoms with Crippen LogP contribution in [0.1, 0.15) is 33.6 Å². The first-order valence-electron chi connectivity index (χ1n) is 5.26. The standard InChI is InChI=1S/C10H22N2/c1-4-10(5-2)12-7-6-11-8-9(12)3/h9-11H,4-8H2,1-3H3/t9-/m0/s1. The zero-order chi connectivity index (χ0) is 8.97. The topological polar surface area (TPSA) is 15.3 Å². The first-order chi connectivity index (χ1) is 5.79. The molecule has 0 aromatic heterocycles. The largest absolute Gasteiger partial charge is 0.314 e. The Balaban J connectivity index is 2.45. The van der Waals surface area contributed by atoms with Gasteiger partial charge in [0, 0.05) is 31.7 Å². The van der Waals surface area contributed by atoms with Crippen molar-refractivity contribution in [2.75, 3.05) is 19.6 Å². The molecule has 0 spiro atoms. The lowest BCUT2D eigenvalue weighted by Gasteiger charge is -2.39. The summed E-state index contributed by atoms with van der Waals surface area (Å²) in [4.78, 5) is 2.65. The summed E-state index contributed by atoms with van der Waals surface area (Å²) >= 11 is 0. The molecule has 2 nitrogen and oxygen atoms in total. The molecule has 1 N–H and O–H groups in total. The van der Waals surface area contributed by atoms with E-state index in [9.17, 15) is 0 Å². The molecule has 2 heteroatoms. The molecule has 1 fully saturated rings. The molecule has 0 bridgehead atoms. The number of piperazine rings is 1. The van der Waals surface area contributed by atoms with Crippen LogP contribution in [0.2, 0.25) is 0 Å². The molecule has 1 saturated heterocycles. The summed E-state index contributed by atoms with van der Waals surface area (Å²) < 4.78 is 0. The maximum atomic E-state index is 3.43. The van der Waals surface area contributed by atoms with E-state index in [4.69, 9.17) is 0 Å². The summed E-state index contributed by atoms with van der Waals surface area (Å²) in [7, 11) is 0. The second kappa shape index (κ2) is 4.83. The third-order valence-corrected chi connectivity index (χ3v) is 2.96. The molecule has 0 saturated carbocycles. The van der Waals surface area contributed by atoms with Gasteiger partial charge in [0.15, 0.2) is 0 Å². The average molecular weight is 170 g/mol. The molecule has 0 unspecified atom stereocenters. The summed E-state index contributed by atoms with van der Waals surface area (Å²) in [5.41, 5.74) is 0. The van der Waals surface area contributed by atoms with Crippen LogP contribution in [-0.2, 0) is 0 Å². The van der Waals surface area contributed by atoms with Crippen molar-refractivity contribution >= 4 is 0 Å². The molecule has 72 valence electrons. The minimum absolute atomic E-state index is 0.726. The number of hydrogen-bond donors (Lipinski definition) is 1. The Labute approximate surface area is 76.3 Å². The maximum Gasteiger partial charge on any atom is 0.0195 e. The molecule has 1 aliphatic heterocycles. The molecule has 1 atom stereocenters. The monoisotopic (exact) mass is 170 g/mol. The van der Waals surface area contributed by atoms with Crippen LogP contribution in [0.15, 0.2) is 0 Å². The summed E-state index contributed by atoms with van der Waals surface area (Å²) in [5.74, 6) is 0. The smallest absolute Gasteiger partial charge is 0.0195 e. The SMILES string of the molecule is CCC(CC)N1CCNC[C@@H]1C. The minimum Gasteiger partial charge on any atom is -0.314 e. The lowest BCUT2D eigenvalue weighted by Crippen LogP contribution is -2.53. The third kappa shape index (κ3) is 2.20. The zero-order valence-corrected chi connectivity index (χ0v) is 8.64. The van der Waals surface area contributed by atoms with E-state index in [2.05, 4.69) is 31.0 Å². The fraction of sp³-hybridized carbons (Fsp3) is 1.00. The Morgan fingerprint density at radius 2 is 2.08 bits per heavy atom. The van der Waals surface area contributed by atoms with Crippen LogP contribution in [0.5, 0.6) is 0 Å². The van der Waals surface area contributed by atoms with Gasteiger partial charge in [-0.05, 0) is 19.8 Å². The molecule has 1 aliphatic rings. The Hall–Kier alpha value is -0.0800. The number of nitrogens with zero attached hydrogens (tertiary/aromatic N) is 1. The van der Waals surface area contributed by atoms with Gasteiger partial charge in [0.05, 0.1) is 0 Å². The Bertz CT molecular complexity index is 121. The highest BCUT2D eigenvalue weighted by atomic mass is 15.2. The predicted octanol–water partition coefficient (Wildman–Crippen LogP) is 1.47. The number of nitrogens with one attached hydrogen (secondary N) is 1. The van der Waals surface area contributed by atoms with Crippen molar-refractivity contribution in [2.45, 2.75) is 45.7 Å². The summed E-state index contributed by atoms with van der Waals surface area (Å²) in [6.45, 7) is 10.5. The van der Waals surface area contributed by atoms with E-state index in [1.165, 1.54) is 25.9 Å². The second-order valence-corrected chi connectivity index (χ2v) is 3.76. The summed E-state index contributed by atoms with van der Waals surface area (Å²) in [6, 6.07) is 1.53. The molecule has 12 heavy (non-hydrogen) atoms.